The Bertz CT molecular complexity index is 1620. The van der Waals surface area contributed by atoms with Gasteiger partial charge in [0.25, 0.3) is 0 Å². The summed E-state index contributed by atoms with van der Waals surface area (Å²) < 4.78 is 43.8. The first kappa shape index (κ1) is 34.0. The number of nitrogens with one attached hydrogen (secondary N) is 1. The maximum atomic E-state index is 13.4. The predicted octanol–water partition coefficient (Wildman–Crippen LogP) is 7.44. The van der Waals surface area contributed by atoms with E-state index in [1.54, 1.807) is 6.07 Å². The lowest BCUT2D eigenvalue weighted by molar-refractivity contribution is -0.137. The lowest BCUT2D eigenvalue weighted by atomic mass is 9.84. The molecule has 2 amide bonds. The van der Waals surface area contributed by atoms with Crippen LogP contribution in [0.3, 0.4) is 0 Å². The topological polar surface area (TPSA) is 79.0 Å². The zero-order valence-electron chi connectivity index (χ0n) is 27.4. The number of benzene rings is 3. The highest BCUT2D eigenvalue weighted by molar-refractivity contribution is 5.91. The van der Waals surface area contributed by atoms with Gasteiger partial charge in [-0.15, -0.1) is 0 Å². The quantitative estimate of drug-likeness (QED) is 0.269. The fraction of sp³-hybridized carbons (Fsp3) is 0.432. The second-order valence-electron chi connectivity index (χ2n) is 13.4. The van der Waals surface area contributed by atoms with E-state index in [-0.39, 0.29) is 23.3 Å². The summed E-state index contributed by atoms with van der Waals surface area (Å²) in [6.07, 6.45) is -1.54. The molecule has 47 heavy (non-hydrogen) atoms. The lowest BCUT2D eigenvalue weighted by Crippen LogP contribution is -2.50. The summed E-state index contributed by atoms with van der Waals surface area (Å²) in [7, 11) is 1.35. The van der Waals surface area contributed by atoms with Crippen molar-refractivity contribution < 1.29 is 32.3 Å². The fourth-order valence-corrected chi connectivity index (χ4v) is 6.53. The van der Waals surface area contributed by atoms with Gasteiger partial charge >= 0.3 is 18.2 Å². The number of nitrogens with zero attached hydrogens (tertiary/aromatic N) is 2. The normalized spacial score (nSPS) is 15.6. The Morgan fingerprint density at radius 1 is 0.915 bits per heavy atom. The van der Waals surface area contributed by atoms with Gasteiger partial charge in [0.1, 0.15) is 5.78 Å². The molecule has 2 aliphatic rings. The summed E-state index contributed by atoms with van der Waals surface area (Å²) in [6, 6.07) is 16.5. The molecule has 1 fully saturated rings. The number of carbonyl (C=O) groups excluding carboxylic acids is 3. The van der Waals surface area contributed by atoms with Crippen LogP contribution < -0.4 is 10.2 Å². The van der Waals surface area contributed by atoms with E-state index in [4.69, 9.17) is 4.74 Å². The SMILES string of the molecule is COC(=O)c1cccc(-c2ccc(CCC(=O)C3CCN(c4ccc(C(F)(F)F)cc4)CC3)c3c2CCN(C(=O)NC(C)(C)C)C3)c1. The van der Waals surface area contributed by atoms with Crippen molar-refractivity contribution in [3.8, 4) is 11.1 Å². The molecule has 0 radical (unpaired) electrons. The van der Waals surface area contributed by atoms with Crippen molar-refractivity contribution >= 4 is 23.5 Å². The number of Topliss-reactive ketones (excluding diaryl/α,β-unsaturated/α-hetero) is 1. The maximum absolute atomic E-state index is 13.4. The highest BCUT2D eigenvalue weighted by atomic mass is 19.4. The van der Waals surface area contributed by atoms with Crippen LogP contribution in [0.1, 0.15) is 72.6 Å². The molecule has 0 aromatic heterocycles. The van der Waals surface area contributed by atoms with E-state index in [0.29, 0.717) is 63.8 Å². The molecular weight excluding hydrogens is 607 g/mol. The molecule has 5 rings (SSSR count). The van der Waals surface area contributed by atoms with Crippen LogP contribution in [0.25, 0.3) is 11.1 Å². The van der Waals surface area contributed by atoms with E-state index < -0.39 is 17.7 Å². The van der Waals surface area contributed by atoms with Crippen LogP contribution in [-0.2, 0) is 35.1 Å². The Morgan fingerprint density at radius 2 is 1.62 bits per heavy atom. The van der Waals surface area contributed by atoms with Crippen LogP contribution in [0.5, 0.6) is 0 Å². The van der Waals surface area contributed by atoms with E-state index in [1.807, 2.05) is 60.9 Å². The monoisotopic (exact) mass is 649 g/mol. The molecule has 0 spiro atoms. The van der Waals surface area contributed by atoms with Gasteiger partial charge in [-0.25, -0.2) is 9.59 Å². The summed E-state index contributed by atoms with van der Waals surface area (Å²) in [5.41, 5.74) is 5.18. The van der Waals surface area contributed by atoms with E-state index >= 15 is 0 Å². The van der Waals surface area contributed by atoms with Gasteiger partial charge in [0.2, 0.25) is 0 Å². The molecule has 10 heteroatoms. The molecule has 1 saturated heterocycles. The average Bonchev–Trinajstić information content (AvgIpc) is 3.05. The molecule has 250 valence electrons. The summed E-state index contributed by atoms with van der Waals surface area (Å²) in [6.45, 7) is 8.00. The third-order valence-electron chi connectivity index (χ3n) is 9.02. The van der Waals surface area contributed by atoms with Crippen molar-refractivity contribution in [1.29, 1.82) is 0 Å². The van der Waals surface area contributed by atoms with Crippen molar-refractivity contribution in [2.75, 3.05) is 31.6 Å². The number of alkyl halides is 3. The van der Waals surface area contributed by atoms with E-state index in [2.05, 4.69) is 5.32 Å². The number of carbonyl (C=O) groups is 3. The van der Waals surface area contributed by atoms with Crippen LogP contribution in [-0.4, -0.2) is 55.0 Å². The Kier molecular flexibility index (Phi) is 9.98. The van der Waals surface area contributed by atoms with Crippen molar-refractivity contribution in [3.63, 3.8) is 0 Å². The van der Waals surface area contributed by atoms with Crippen LogP contribution >= 0.6 is 0 Å². The number of methoxy groups -OCH3 is 1. The minimum absolute atomic E-state index is 0.106. The van der Waals surface area contributed by atoms with Gasteiger partial charge < -0.3 is 19.9 Å². The van der Waals surface area contributed by atoms with Crippen LogP contribution in [0, 0.1) is 5.92 Å². The van der Waals surface area contributed by atoms with Crippen LogP contribution in [0.15, 0.2) is 60.7 Å². The van der Waals surface area contributed by atoms with Gasteiger partial charge in [-0.05, 0) is 111 Å². The molecule has 0 unspecified atom stereocenters. The second-order valence-corrected chi connectivity index (χ2v) is 13.4. The number of fused-ring (bicyclic) bond motifs is 1. The molecule has 3 aromatic rings. The Hall–Kier alpha value is -4.34. The highest BCUT2D eigenvalue weighted by Gasteiger charge is 2.31. The number of halogens is 3. The van der Waals surface area contributed by atoms with Crippen LogP contribution in [0.4, 0.5) is 23.7 Å². The number of esters is 1. The molecule has 0 atom stereocenters. The highest BCUT2D eigenvalue weighted by Crippen LogP contribution is 2.35. The van der Waals surface area contributed by atoms with Gasteiger partial charge in [-0.3, -0.25) is 4.79 Å². The number of amides is 2. The summed E-state index contributed by atoms with van der Waals surface area (Å²) in [5, 5.41) is 3.06. The third kappa shape index (κ3) is 8.15. The molecule has 0 bridgehead atoms. The van der Waals surface area contributed by atoms with Crippen LogP contribution in [0.2, 0.25) is 0 Å². The summed E-state index contributed by atoms with van der Waals surface area (Å²) in [4.78, 5) is 42.7. The number of ether oxygens (including phenoxy) is 1. The number of ketones is 1. The molecule has 0 aliphatic carbocycles. The minimum Gasteiger partial charge on any atom is -0.465 e. The van der Waals surface area contributed by atoms with Gasteiger partial charge in [-0.1, -0.05) is 24.3 Å². The fourth-order valence-electron chi connectivity index (χ4n) is 6.53. The molecular formula is C37H42F3N3O4. The van der Waals surface area contributed by atoms with Gasteiger partial charge in [0, 0.05) is 49.7 Å². The molecule has 0 saturated carbocycles. The largest absolute Gasteiger partial charge is 0.465 e. The molecule has 7 nitrogen and oxygen atoms in total. The van der Waals surface area contributed by atoms with E-state index in [0.717, 1.165) is 45.6 Å². The minimum atomic E-state index is -4.37. The first-order valence-electron chi connectivity index (χ1n) is 16.1. The molecule has 2 aliphatic heterocycles. The zero-order chi connectivity index (χ0) is 33.9. The number of anilines is 1. The number of piperidine rings is 1. The lowest BCUT2D eigenvalue weighted by Gasteiger charge is -2.34. The number of aryl methyl sites for hydroxylation is 1. The number of hydrogen-bond acceptors (Lipinski definition) is 5. The van der Waals surface area contributed by atoms with Crippen molar-refractivity contribution in [1.82, 2.24) is 10.2 Å². The molecule has 3 aromatic carbocycles. The maximum Gasteiger partial charge on any atom is 0.416 e. The first-order valence-corrected chi connectivity index (χ1v) is 16.1. The predicted molar refractivity (Wildman–Crippen MR) is 175 cm³/mol. The van der Waals surface area contributed by atoms with Gasteiger partial charge in [-0.2, -0.15) is 13.2 Å². The summed E-state index contributed by atoms with van der Waals surface area (Å²) in [5.74, 6) is -0.337. The van der Waals surface area contributed by atoms with Crippen molar-refractivity contribution in [3.05, 3.63) is 88.5 Å². The van der Waals surface area contributed by atoms with E-state index in [1.165, 1.54) is 19.2 Å². The van der Waals surface area contributed by atoms with Crippen molar-refractivity contribution in [2.24, 2.45) is 5.92 Å². The first-order chi connectivity index (χ1) is 22.2. The number of rotatable bonds is 7. The van der Waals surface area contributed by atoms with E-state index in [9.17, 15) is 27.6 Å². The average molecular weight is 650 g/mol. The smallest absolute Gasteiger partial charge is 0.416 e. The standard InChI is InChI=1S/C37H42F3N3O4/c1-36(2,3)41-35(46)43-21-18-31-30(26-6-5-7-27(22-26)34(45)47-4)14-8-24(32(31)23-43)9-15-33(44)25-16-19-42(20-17-25)29-12-10-28(11-13-29)37(38,39)40/h5-8,10-14,22,25H,9,15-21,23H2,1-4H3,(H,41,46). The molecule has 1 N–H and O–H groups in total. The number of urea groups is 1. The summed E-state index contributed by atoms with van der Waals surface area (Å²) >= 11 is 0. The zero-order valence-corrected chi connectivity index (χ0v) is 27.4. The van der Waals surface area contributed by atoms with Gasteiger partial charge in [0.05, 0.1) is 18.2 Å². The van der Waals surface area contributed by atoms with Crippen molar-refractivity contribution in [2.45, 2.75) is 71.1 Å². The van der Waals surface area contributed by atoms with Gasteiger partial charge in [0.15, 0.2) is 0 Å². The Balaban J connectivity index is 1.31. The third-order valence-corrected chi connectivity index (χ3v) is 9.02. The number of hydrogen-bond donors (Lipinski definition) is 1. The Morgan fingerprint density at radius 3 is 2.26 bits per heavy atom. The Labute approximate surface area is 274 Å². The molecule has 2 heterocycles. The second kappa shape index (κ2) is 13.8.